The van der Waals surface area contributed by atoms with Gasteiger partial charge in [-0.15, -0.1) is 0 Å². The molecule has 1 fully saturated rings. The first-order chi connectivity index (χ1) is 16.6. The Balaban J connectivity index is 2.26. The van der Waals surface area contributed by atoms with E-state index in [-0.39, 0.29) is 13.2 Å². The predicted molar refractivity (Wildman–Crippen MR) is 118 cm³/mol. The number of nitrogens with zero attached hydrogens (tertiary/aromatic N) is 1. The van der Waals surface area contributed by atoms with E-state index in [4.69, 9.17) is 33.7 Å². The quantitative estimate of drug-likeness (QED) is 0.368. The lowest BCUT2D eigenvalue weighted by Gasteiger charge is -2.43. The summed E-state index contributed by atoms with van der Waals surface area (Å²) in [7, 11) is 0. The van der Waals surface area contributed by atoms with E-state index < -0.39 is 54.6 Å². The summed E-state index contributed by atoms with van der Waals surface area (Å²) in [5, 5.41) is 8.88. The van der Waals surface area contributed by atoms with E-state index in [1.54, 1.807) is 36.4 Å². The van der Waals surface area contributed by atoms with E-state index in [9.17, 15) is 19.2 Å². The summed E-state index contributed by atoms with van der Waals surface area (Å²) in [5.74, 6) is -2.76. The van der Waals surface area contributed by atoms with Crippen LogP contribution in [-0.4, -0.2) is 67.8 Å². The number of benzene rings is 1. The summed E-state index contributed by atoms with van der Waals surface area (Å²) >= 11 is 0. The summed E-state index contributed by atoms with van der Waals surface area (Å²) in [6, 6.07) is 8.87. The number of carbonyl (C=O) groups is 4. The molecule has 0 N–H and O–H groups in total. The molecule has 1 aliphatic heterocycles. The van der Waals surface area contributed by atoms with Crippen LogP contribution in [0.15, 0.2) is 30.3 Å². The minimum Gasteiger partial charge on any atom is -0.463 e. The van der Waals surface area contributed by atoms with Crippen molar-refractivity contribution >= 4 is 30.0 Å². The van der Waals surface area contributed by atoms with Gasteiger partial charge in [0, 0.05) is 27.7 Å². The molecule has 0 amide bonds. The first-order valence-electron chi connectivity index (χ1n) is 10.7. The standard InChI is InChI=1S/C24H27NO10/c1-14(26)31-13-20-21(32-15(2)27)22(33-16(3)28)23(34-17(4)29)24(35-20)30-11-5-6-18-7-9-19(12-25)10-8-18/h5-10,20-24H,11,13H2,1-4H3/b6-5+/t20?,21-,22?,23?,24-/m1/s1. The summed E-state index contributed by atoms with van der Waals surface area (Å²) in [5.41, 5.74) is 1.34. The fraction of sp³-hybridized carbons (Fsp3) is 0.458. The summed E-state index contributed by atoms with van der Waals surface area (Å²) < 4.78 is 32.6. The highest BCUT2D eigenvalue weighted by Gasteiger charge is 2.52. The van der Waals surface area contributed by atoms with Gasteiger partial charge >= 0.3 is 23.9 Å². The molecule has 35 heavy (non-hydrogen) atoms. The number of hydrogen-bond acceptors (Lipinski definition) is 11. The SMILES string of the molecule is CC(=O)OCC1O[C@@H](OC/C=C/c2ccc(C#N)cc2)C(OC(C)=O)C(OC(C)=O)[C@@H]1OC(C)=O. The van der Waals surface area contributed by atoms with Crippen LogP contribution in [0.25, 0.3) is 6.08 Å². The Kier molecular flexibility index (Phi) is 10.4. The van der Waals surface area contributed by atoms with Gasteiger partial charge < -0.3 is 28.4 Å². The van der Waals surface area contributed by atoms with Gasteiger partial charge in [0.05, 0.1) is 18.2 Å². The molecule has 0 saturated carbocycles. The number of carbonyl (C=O) groups excluding carboxylic acids is 4. The zero-order chi connectivity index (χ0) is 26.0. The average molecular weight is 489 g/mol. The second-order valence-corrected chi connectivity index (χ2v) is 7.54. The second kappa shape index (κ2) is 13.2. The first kappa shape index (κ1) is 27.5. The smallest absolute Gasteiger partial charge is 0.303 e. The highest BCUT2D eigenvalue weighted by Crippen LogP contribution is 2.30. The fourth-order valence-corrected chi connectivity index (χ4v) is 3.33. The molecule has 1 aromatic carbocycles. The Morgan fingerprint density at radius 3 is 2.00 bits per heavy atom. The number of ether oxygens (including phenoxy) is 6. The normalized spacial score (nSPS) is 23.7. The molecule has 0 bridgehead atoms. The van der Waals surface area contributed by atoms with Crippen LogP contribution < -0.4 is 0 Å². The van der Waals surface area contributed by atoms with Gasteiger partial charge in [0.25, 0.3) is 0 Å². The third kappa shape index (κ3) is 8.84. The molecule has 0 aliphatic carbocycles. The fourth-order valence-electron chi connectivity index (χ4n) is 3.33. The summed E-state index contributed by atoms with van der Waals surface area (Å²) in [6.07, 6.45) is -2.73. The Hall–Kier alpha value is -3.75. The van der Waals surface area contributed by atoms with Crippen LogP contribution in [0.2, 0.25) is 0 Å². The molecule has 188 valence electrons. The monoisotopic (exact) mass is 489 g/mol. The number of esters is 4. The van der Waals surface area contributed by atoms with Crippen molar-refractivity contribution in [3.8, 4) is 6.07 Å². The highest BCUT2D eigenvalue weighted by molar-refractivity contribution is 5.68. The maximum absolute atomic E-state index is 11.8. The predicted octanol–water partition coefficient (Wildman–Crippen LogP) is 1.67. The molecule has 11 heteroatoms. The van der Waals surface area contributed by atoms with Crippen LogP contribution in [0.3, 0.4) is 0 Å². The van der Waals surface area contributed by atoms with Crippen LogP contribution in [0.4, 0.5) is 0 Å². The largest absolute Gasteiger partial charge is 0.463 e. The molecule has 1 saturated heterocycles. The lowest BCUT2D eigenvalue weighted by Crippen LogP contribution is -2.62. The van der Waals surface area contributed by atoms with Gasteiger partial charge in [-0.05, 0) is 17.7 Å². The van der Waals surface area contributed by atoms with Gasteiger partial charge in [-0.3, -0.25) is 19.2 Å². The molecule has 0 spiro atoms. The molecule has 0 radical (unpaired) electrons. The van der Waals surface area contributed by atoms with Gasteiger partial charge in [0.15, 0.2) is 24.6 Å². The maximum Gasteiger partial charge on any atom is 0.303 e. The van der Waals surface area contributed by atoms with Crippen molar-refractivity contribution in [1.82, 2.24) is 0 Å². The topological polar surface area (TPSA) is 147 Å². The van der Waals surface area contributed by atoms with E-state index >= 15 is 0 Å². The van der Waals surface area contributed by atoms with Crippen LogP contribution in [0.5, 0.6) is 0 Å². The van der Waals surface area contributed by atoms with Crippen molar-refractivity contribution in [2.45, 2.75) is 58.4 Å². The summed E-state index contributed by atoms with van der Waals surface area (Å²) in [4.78, 5) is 46.7. The molecule has 2 rings (SSSR count). The molecule has 5 atom stereocenters. The number of nitriles is 1. The lowest BCUT2D eigenvalue weighted by molar-refractivity contribution is -0.305. The minimum atomic E-state index is -1.29. The van der Waals surface area contributed by atoms with Crippen LogP contribution >= 0.6 is 0 Å². The van der Waals surface area contributed by atoms with Crippen molar-refractivity contribution in [1.29, 1.82) is 5.26 Å². The first-order valence-corrected chi connectivity index (χ1v) is 10.7. The Morgan fingerprint density at radius 2 is 1.46 bits per heavy atom. The molecular formula is C24H27NO10. The van der Waals surface area contributed by atoms with Crippen LogP contribution in [0.1, 0.15) is 38.8 Å². The van der Waals surface area contributed by atoms with Gasteiger partial charge in [-0.2, -0.15) is 5.26 Å². The van der Waals surface area contributed by atoms with Crippen molar-refractivity contribution in [2.75, 3.05) is 13.2 Å². The molecular weight excluding hydrogens is 462 g/mol. The molecule has 1 heterocycles. The highest BCUT2D eigenvalue weighted by atomic mass is 16.7. The Bertz CT molecular complexity index is 981. The van der Waals surface area contributed by atoms with Crippen molar-refractivity contribution in [2.24, 2.45) is 0 Å². The molecule has 11 nitrogen and oxygen atoms in total. The summed E-state index contributed by atoms with van der Waals surface area (Å²) in [6.45, 7) is 4.29. The van der Waals surface area contributed by atoms with Gasteiger partial charge in [0.2, 0.25) is 0 Å². The van der Waals surface area contributed by atoms with Gasteiger partial charge in [0.1, 0.15) is 12.7 Å². The van der Waals surface area contributed by atoms with E-state index in [0.717, 1.165) is 26.3 Å². The van der Waals surface area contributed by atoms with Crippen LogP contribution in [0, 0.1) is 11.3 Å². The Labute approximate surface area is 202 Å². The number of hydrogen-bond donors (Lipinski definition) is 0. The molecule has 3 unspecified atom stereocenters. The van der Waals surface area contributed by atoms with Gasteiger partial charge in [-0.25, -0.2) is 0 Å². The third-order valence-corrected chi connectivity index (χ3v) is 4.65. The molecule has 1 aliphatic rings. The zero-order valence-corrected chi connectivity index (χ0v) is 19.8. The van der Waals surface area contributed by atoms with E-state index in [0.29, 0.717) is 5.56 Å². The van der Waals surface area contributed by atoms with E-state index in [1.807, 2.05) is 6.07 Å². The molecule has 0 aromatic heterocycles. The van der Waals surface area contributed by atoms with Crippen molar-refractivity contribution < 1.29 is 47.6 Å². The van der Waals surface area contributed by atoms with Crippen molar-refractivity contribution in [3.05, 3.63) is 41.5 Å². The lowest BCUT2D eigenvalue weighted by atomic mass is 9.98. The van der Waals surface area contributed by atoms with E-state index in [2.05, 4.69) is 0 Å². The minimum absolute atomic E-state index is 0.00621. The molecule has 1 aromatic rings. The number of rotatable bonds is 9. The average Bonchev–Trinajstić information content (AvgIpc) is 2.78. The van der Waals surface area contributed by atoms with Crippen molar-refractivity contribution in [3.63, 3.8) is 0 Å². The van der Waals surface area contributed by atoms with Gasteiger partial charge in [-0.1, -0.05) is 24.3 Å². The van der Waals surface area contributed by atoms with E-state index in [1.165, 1.54) is 6.92 Å². The van der Waals surface area contributed by atoms with Crippen LogP contribution in [-0.2, 0) is 47.6 Å². The Morgan fingerprint density at radius 1 is 0.886 bits per heavy atom. The second-order valence-electron chi connectivity index (χ2n) is 7.54. The third-order valence-electron chi connectivity index (χ3n) is 4.65. The maximum atomic E-state index is 11.8. The zero-order valence-electron chi connectivity index (χ0n) is 19.8.